The van der Waals surface area contributed by atoms with E-state index in [-0.39, 0.29) is 23.4 Å². The smallest absolute Gasteiger partial charge is 0.211 e. The van der Waals surface area contributed by atoms with Crippen molar-refractivity contribution in [1.82, 2.24) is 0 Å². The zero-order valence-electron chi connectivity index (χ0n) is 7.25. The molecule has 2 nitrogen and oxygen atoms in total. The van der Waals surface area contributed by atoms with Gasteiger partial charge in [-0.25, -0.2) is 0 Å². The second-order valence-electron chi connectivity index (χ2n) is 3.92. The molecule has 2 bridgehead atoms. The summed E-state index contributed by atoms with van der Waals surface area (Å²) in [6.45, 7) is 0. The highest BCUT2D eigenvalue weighted by Crippen LogP contribution is 2.46. The molecule has 66 valence electrons. The summed E-state index contributed by atoms with van der Waals surface area (Å²) in [6.07, 6.45) is 6.81. The number of carbonyl (C=O) groups is 1. The molecule has 0 saturated carbocycles. The van der Waals surface area contributed by atoms with Crippen molar-refractivity contribution in [3.63, 3.8) is 0 Å². The van der Waals surface area contributed by atoms with Crippen molar-refractivity contribution < 1.29 is 9.53 Å². The number of carbonyl (C=O) groups excluding carboxylic acids is 1. The van der Waals surface area contributed by atoms with Crippen LogP contribution in [0.1, 0.15) is 19.3 Å². The summed E-state index contributed by atoms with van der Waals surface area (Å²) >= 11 is 0. The standard InChI is InChI=1S/C11H10O2/c12-10-3-1-2-5-11-6-4-8(13-11)7-9(10)11/h4,6,8-9H,2,5,7H2/t8-,9?,11+/m1/s1. The topological polar surface area (TPSA) is 26.3 Å². The molecule has 2 heteroatoms. The minimum Gasteiger partial charge on any atom is -0.363 e. The Bertz CT molecular complexity index is 358. The average Bonchev–Trinajstić information content (AvgIpc) is 2.65. The first-order valence-corrected chi connectivity index (χ1v) is 4.70. The van der Waals surface area contributed by atoms with E-state index in [4.69, 9.17) is 4.74 Å². The third-order valence-electron chi connectivity index (χ3n) is 3.19. The van der Waals surface area contributed by atoms with Crippen LogP contribution in [0.4, 0.5) is 0 Å². The number of hydrogen-bond donors (Lipinski definition) is 0. The second-order valence-corrected chi connectivity index (χ2v) is 3.92. The molecule has 0 N–H and O–H groups in total. The van der Waals surface area contributed by atoms with E-state index in [2.05, 4.69) is 24.0 Å². The first-order valence-electron chi connectivity index (χ1n) is 4.70. The van der Waals surface area contributed by atoms with E-state index in [0.29, 0.717) is 0 Å². The molecule has 0 amide bonds. The van der Waals surface area contributed by atoms with E-state index < -0.39 is 0 Å². The van der Waals surface area contributed by atoms with Crippen molar-refractivity contribution in [2.24, 2.45) is 5.92 Å². The van der Waals surface area contributed by atoms with Crippen LogP contribution in [0.5, 0.6) is 0 Å². The minimum atomic E-state index is -0.293. The van der Waals surface area contributed by atoms with Crippen molar-refractivity contribution in [1.29, 1.82) is 0 Å². The van der Waals surface area contributed by atoms with E-state index in [1.165, 1.54) is 0 Å². The molecular weight excluding hydrogens is 164 g/mol. The largest absolute Gasteiger partial charge is 0.363 e. The van der Waals surface area contributed by atoms with Gasteiger partial charge in [0.15, 0.2) is 0 Å². The van der Waals surface area contributed by atoms with Crippen LogP contribution in [0, 0.1) is 17.8 Å². The zero-order valence-corrected chi connectivity index (χ0v) is 7.25. The van der Waals surface area contributed by atoms with Crippen molar-refractivity contribution in [3.8, 4) is 11.8 Å². The van der Waals surface area contributed by atoms with Gasteiger partial charge in [0.2, 0.25) is 5.78 Å². The first-order chi connectivity index (χ1) is 6.30. The van der Waals surface area contributed by atoms with Crippen LogP contribution >= 0.6 is 0 Å². The Morgan fingerprint density at radius 3 is 3.38 bits per heavy atom. The van der Waals surface area contributed by atoms with Crippen LogP contribution in [0.15, 0.2) is 12.2 Å². The summed E-state index contributed by atoms with van der Waals surface area (Å²) in [5, 5.41) is 0. The Labute approximate surface area is 77.0 Å². The lowest BCUT2D eigenvalue weighted by atomic mass is 9.79. The van der Waals surface area contributed by atoms with Crippen LogP contribution < -0.4 is 0 Å². The molecule has 3 aliphatic rings. The van der Waals surface area contributed by atoms with Crippen LogP contribution in [0.25, 0.3) is 0 Å². The third-order valence-corrected chi connectivity index (χ3v) is 3.19. The molecule has 1 unspecified atom stereocenters. The molecule has 0 aromatic rings. The van der Waals surface area contributed by atoms with Gasteiger partial charge in [0.05, 0.1) is 17.6 Å². The lowest BCUT2D eigenvalue weighted by Gasteiger charge is -2.26. The lowest BCUT2D eigenvalue weighted by Crippen LogP contribution is -2.35. The number of Topliss-reactive ketones (excluding diaryl/α,β-unsaturated/α-hetero) is 1. The molecule has 3 atom stereocenters. The molecule has 0 aromatic carbocycles. The fourth-order valence-corrected chi connectivity index (χ4v) is 2.53. The van der Waals surface area contributed by atoms with Crippen LogP contribution in [-0.2, 0) is 9.53 Å². The summed E-state index contributed by atoms with van der Waals surface area (Å²) in [6, 6.07) is 0. The fourth-order valence-electron chi connectivity index (χ4n) is 2.53. The predicted molar refractivity (Wildman–Crippen MR) is 46.9 cm³/mol. The predicted octanol–water partition coefficient (Wildman–Crippen LogP) is 1.07. The van der Waals surface area contributed by atoms with Gasteiger partial charge in [-0.2, -0.15) is 0 Å². The van der Waals surface area contributed by atoms with Gasteiger partial charge in [-0.05, 0) is 18.8 Å². The number of fused-ring (bicyclic) bond motifs is 1. The Kier molecular flexibility index (Phi) is 1.27. The van der Waals surface area contributed by atoms with Gasteiger partial charge in [-0.3, -0.25) is 4.79 Å². The van der Waals surface area contributed by atoms with Gasteiger partial charge in [-0.1, -0.05) is 18.1 Å². The van der Waals surface area contributed by atoms with E-state index in [0.717, 1.165) is 19.3 Å². The number of rotatable bonds is 0. The molecule has 1 fully saturated rings. The maximum atomic E-state index is 11.6. The normalized spacial score (nSPS) is 45.4. The summed E-state index contributed by atoms with van der Waals surface area (Å²) in [4.78, 5) is 11.6. The van der Waals surface area contributed by atoms with E-state index in [1.807, 2.05) is 0 Å². The second kappa shape index (κ2) is 2.24. The summed E-state index contributed by atoms with van der Waals surface area (Å²) in [5.41, 5.74) is -0.293. The SMILES string of the molecule is O=C1C#CCC[C@]23C=C[C@H](CC12)O3. The molecule has 1 saturated heterocycles. The van der Waals surface area contributed by atoms with E-state index in [9.17, 15) is 4.79 Å². The molecule has 2 aliphatic heterocycles. The molecule has 2 heterocycles. The van der Waals surface area contributed by atoms with Gasteiger partial charge in [-0.15, -0.1) is 0 Å². The van der Waals surface area contributed by atoms with E-state index >= 15 is 0 Å². The van der Waals surface area contributed by atoms with Crippen LogP contribution in [-0.4, -0.2) is 17.5 Å². The van der Waals surface area contributed by atoms with Gasteiger partial charge >= 0.3 is 0 Å². The molecule has 13 heavy (non-hydrogen) atoms. The summed E-state index contributed by atoms with van der Waals surface area (Å²) in [7, 11) is 0. The maximum absolute atomic E-state index is 11.6. The summed E-state index contributed by atoms with van der Waals surface area (Å²) in [5.74, 6) is 5.67. The Morgan fingerprint density at radius 1 is 1.62 bits per heavy atom. The van der Waals surface area contributed by atoms with Crippen molar-refractivity contribution in [3.05, 3.63) is 12.2 Å². The van der Waals surface area contributed by atoms with Gasteiger partial charge in [0, 0.05) is 6.42 Å². The first kappa shape index (κ1) is 7.34. The van der Waals surface area contributed by atoms with Gasteiger partial charge < -0.3 is 4.74 Å². The van der Waals surface area contributed by atoms with Crippen molar-refractivity contribution in [2.45, 2.75) is 31.0 Å². The third kappa shape index (κ3) is 0.855. The highest BCUT2D eigenvalue weighted by Gasteiger charge is 2.52. The molecule has 0 aromatic heterocycles. The van der Waals surface area contributed by atoms with Gasteiger partial charge in [0.25, 0.3) is 0 Å². The highest BCUT2D eigenvalue weighted by atomic mass is 16.5. The molecule has 1 spiro atoms. The quantitative estimate of drug-likeness (QED) is 0.312. The molecule has 1 aliphatic carbocycles. The number of ether oxygens (including phenoxy) is 1. The van der Waals surface area contributed by atoms with Crippen molar-refractivity contribution in [2.75, 3.05) is 0 Å². The number of ketones is 1. The van der Waals surface area contributed by atoms with Crippen LogP contribution in [0.2, 0.25) is 0 Å². The Morgan fingerprint density at radius 2 is 2.54 bits per heavy atom. The van der Waals surface area contributed by atoms with Crippen molar-refractivity contribution >= 4 is 5.78 Å². The lowest BCUT2D eigenvalue weighted by molar-refractivity contribution is -0.121. The highest BCUT2D eigenvalue weighted by molar-refractivity contribution is 5.99. The Hall–Kier alpha value is -1.07. The van der Waals surface area contributed by atoms with Gasteiger partial charge in [0.1, 0.15) is 0 Å². The Balaban J connectivity index is 2.05. The molecule has 0 radical (unpaired) electrons. The summed E-state index contributed by atoms with van der Waals surface area (Å²) < 4.78 is 5.80. The minimum absolute atomic E-state index is 0.0116. The molecule has 3 rings (SSSR count). The average molecular weight is 174 g/mol. The molecular formula is C11H10O2. The maximum Gasteiger partial charge on any atom is 0.211 e. The zero-order chi connectivity index (χ0) is 8.89. The fraction of sp³-hybridized carbons (Fsp3) is 0.545. The van der Waals surface area contributed by atoms with E-state index in [1.54, 1.807) is 0 Å². The monoisotopic (exact) mass is 174 g/mol. The number of hydrogen-bond acceptors (Lipinski definition) is 2. The van der Waals surface area contributed by atoms with Crippen LogP contribution in [0.3, 0.4) is 0 Å².